The average molecular weight is 328 g/mol. The summed E-state index contributed by atoms with van der Waals surface area (Å²) >= 11 is 0. The Morgan fingerprint density at radius 1 is 1.38 bits per heavy atom. The summed E-state index contributed by atoms with van der Waals surface area (Å²) in [4.78, 5) is 11.9. The van der Waals surface area contributed by atoms with Gasteiger partial charge in [0.05, 0.1) is 12.5 Å². The van der Waals surface area contributed by atoms with Gasteiger partial charge in [-0.3, -0.25) is 4.79 Å². The number of hydrogen-bond donors (Lipinski definition) is 0. The molecule has 3 atom stereocenters. The Morgan fingerprint density at radius 3 is 2.62 bits per heavy atom. The molecule has 1 saturated carbocycles. The molecule has 0 aromatic carbocycles. The molecule has 0 aromatic heterocycles. The molecule has 0 aliphatic heterocycles. The molecule has 0 aromatic rings. The van der Waals surface area contributed by atoms with Crippen molar-refractivity contribution in [1.29, 1.82) is 0 Å². The Hall–Kier alpha value is -1.25. The number of rotatable bonds is 5. The molecule has 0 spiro atoms. The summed E-state index contributed by atoms with van der Waals surface area (Å²) in [6, 6.07) is 0. The van der Waals surface area contributed by atoms with E-state index in [-0.39, 0.29) is 18.3 Å². The van der Waals surface area contributed by atoms with Crippen LogP contribution in [0.2, 0.25) is 0 Å². The molecule has 0 N–H and O–H groups in total. The molecule has 3 unspecified atom stereocenters. The number of carbonyl (C=O) groups excluding carboxylic acids is 1. The van der Waals surface area contributed by atoms with Gasteiger partial charge in [-0.05, 0) is 31.3 Å². The molecular formula is C12H15F3O5S. The van der Waals surface area contributed by atoms with E-state index in [1.807, 2.05) is 6.92 Å². The number of carbonyl (C=O) groups is 1. The van der Waals surface area contributed by atoms with Gasteiger partial charge < -0.3 is 8.92 Å². The van der Waals surface area contributed by atoms with Gasteiger partial charge in [0.25, 0.3) is 0 Å². The van der Waals surface area contributed by atoms with Crippen molar-refractivity contribution < 1.29 is 35.3 Å². The summed E-state index contributed by atoms with van der Waals surface area (Å²) in [5.41, 5.74) is -5.48. The largest absolute Gasteiger partial charge is 0.534 e. The maximum Gasteiger partial charge on any atom is 0.534 e. The predicted octanol–water partition coefficient (Wildman–Crippen LogP) is 2.35. The standard InChI is InChI=1S/C12H15F3O5S/c1-2-5-19-11(16)10-7-3-4-8(10)9(6-7)20-21(17,18)12(13,14)15/h6-8,10H,2-5H2,1H3. The fraction of sp³-hybridized carbons (Fsp3) is 0.750. The highest BCUT2D eigenvalue weighted by molar-refractivity contribution is 7.87. The van der Waals surface area contributed by atoms with Gasteiger partial charge >= 0.3 is 21.6 Å². The normalized spacial score (nSPS) is 28.4. The second kappa shape index (κ2) is 5.51. The molecule has 2 aliphatic carbocycles. The van der Waals surface area contributed by atoms with Gasteiger partial charge in [-0.25, -0.2) is 0 Å². The van der Waals surface area contributed by atoms with Gasteiger partial charge in [-0.1, -0.05) is 6.92 Å². The van der Waals surface area contributed by atoms with Gasteiger partial charge in [0.1, 0.15) is 5.76 Å². The summed E-state index contributed by atoms with van der Waals surface area (Å²) in [6.45, 7) is 2.05. The number of alkyl halides is 3. The molecule has 2 rings (SSSR count). The second-order valence-electron chi connectivity index (χ2n) is 5.09. The SMILES string of the molecule is CCCOC(=O)C1C2C=C(OS(=O)(=O)C(F)(F)F)C1CC2. The van der Waals surface area contributed by atoms with E-state index in [4.69, 9.17) is 4.74 Å². The van der Waals surface area contributed by atoms with Crippen LogP contribution < -0.4 is 0 Å². The third-order valence-electron chi connectivity index (χ3n) is 3.66. The molecule has 0 saturated heterocycles. The summed E-state index contributed by atoms with van der Waals surface area (Å²) in [5.74, 6) is -2.42. The lowest BCUT2D eigenvalue weighted by atomic mass is 9.96. The summed E-state index contributed by atoms with van der Waals surface area (Å²) in [5, 5.41) is 0. The highest BCUT2D eigenvalue weighted by Gasteiger charge is 2.54. The number of esters is 1. The number of allylic oxidation sites excluding steroid dienone is 2. The molecule has 2 aliphatic rings. The summed E-state index contributed by atoms with van der Waals surface area (Å²) < 4.78 is 68.2. The van der Waals surface area contributed by atoms with Gasteiger partial charge in [0.15, 0.2) is 0 Å². The number of halogens is 3. The van der Waals surface area contributed by atoms with Crippen molar-refractivity contribution in [3.05, 3.63) is 11.8 Å². The topological polar surface area (TPSA) is 69.7 Å². The van der Waals surface area contributed by atoms with Crippen LogP contribution in [0.25, 0.3) is 0 Å². The zero-order valence-electron chi connectivity index (χ0n) is 11.2. The van der Waals surface area contributed by atoms with Crippen LogP contribution in [0.1, 0.15) is 26.2 Å². The van der Waals surface area contributed by atoms with Gasteiger partial charge in [0, 0.05) is 5.92 Å². The lowest BCUT2D eigenvalue weighted by molar-refractivity contribution is -0.150. The Bertz CT molecular complexity index is 552. The van der Waals surface area contributed by atoms with E-state index in [1.54, 1.807) is 0 Å². The number of ether oxygens (including phenoxy) is 1. The molecule has 120 valence electrons. The molecule has 0 radical (unpaired) electrons. The molecule has 2 bridgehead atoms. The Balaban J connectivity index is 2.09. The van der Waals surface area contributed by atoms with Crippen LogP contribution in [0.15, 0.2) is 11.8 Å². The van der Waals surface area contributed by atoms with Crippen molar-refractivity contribution >= 4 is 16.1 Å². The minimum atomic E-state index is -5.69. The van der Waals surface area contributed by atoms with E-state index >= 15 is 0 Å². The van der Waals surface area contributed by atoms with Crippen LogP contribution in [-0.4, -0.2) is 26.5 Å². The van der Waals surface area contributed by atoms with Gasteiger partial charge in [0.2, 0.25) is 0 Å². The van der Waals surface area contributed by atoms with E-state index < -0.39 is 33.4 Å². The van der Waals surface area contributed by atoms with Crippen LogP contribution in [0.5, 0.6) is 0 Å². The molecule has 5 nitrogen and oxygen atoms in total. The smallest absolute Gasteiger partial charge is 0.465 e. The van der Waals surface area contributed by atoms with Gasteiger partial charge in [-0.15, -0.1) is 0 Å². The first-order valence-electron chi connectivity index (χ1n) is 6.56. The first-order chi connectivity index (χ1) is 9.67. The average Bonchev–Trinajstić information content (AvgIpc) is 2.91. The van der Waals surface area contributed by atoms with Gasteiger partial charge in [-0.2, -0.15) is 21.6 Å². The summed E-state index contributed by atoms with van der Waals surface area (Å²) in [7, 11) is -5.69. The van der Waals surface area contributed by atoms with Crippen LogP contribution in [-0.2, 0) is 23.8 Å². The Morgan fingerprint density at radius 2 is 2.05 bits per heavy atom. The van der Waals surface area contributed by atoms with Crippen molar-refractivity contribution in [3.8, 4) is 0 Å². The third kappa shape index (κ3) is 3.02. The monoisotopic (exact) mass is 328 g/mol. The lowest BCUT2D eigenvalue weighted by Gasteiger charge is -2.18. The van der Waals surface area contributed by atoms with E-state index in [0.717, 1.165) is 0 Å². The molecule has 0 amide bonds. The van der Waals surface area contributed by atoms with E-state index in [1.165, 1.54) is 6.08 Å². The van der Waals surface area contributed by atoms with E-state index in [2.05, 4.69) is 4.18 Å². The van der Waals surface area contributed by atoms with Crippen LogP contribution in [0, 0.1) is 17.8 Å². The van der Waals surface area contributed by atoms with Crippen molar-refractivity contribution in [1.82, 2.24) is 0 Å². The predicted molar refractivity (Wildman–Crippen MR) is 65.1 cm³/mol. The van der Waals surface area contributed by atoms with Crippen LogP contribution in [0.4, 0.5) is 13.2 Å². The number of fused-ring (bicyclic) bond motifs is 2. The molecule has 0 heterocycles. The molecule has 1 fully saturated rings. The fourth-order valence-electron chi connectivity index (χ4n) is 2.77. The van der Waals surface area contributed by atoms with Crippen LogP contribution >= 0.6 is 0 Å². The Kier molecular flexibility index (Phi) is 4.23. The first-order valence-corrected chi connectivity index (χ1v) is 7.97. The molecular weight excluding hydrogens is 313 g/mol. The summed E-state index contributed by atoms with van der Waals surface area (Å²) in [6.07, 6.45) is 2.95. The Labute approximate surface area is 120 Å². The van der Waals surface area contributed by atoms with E-state index in [9.17, 15) is 26.4 Å². The van der Waals surface area contributed by atoms with Crippen molar-refractivity contribution in [3.63, 3.8) is 0 Å². The number of hydrogen-bond acceptors (Lipinski definition) is 5. The maximum absolute atomic E-state index is 12.3. The third-order valence-corrected chi connectivity index (χ3v) is 4.64. The lowest BCUT2D eigenvalue weighted by Crippen LogP contribution is -2.28. The maximum atomic E-state index is 12.3. The highest BCUT2D eigenvalue weighted by Crippen LogP contribution is 2.50. The second-order valence-corrected chi connectivity index (χ2v) is 6.63. The first kappa shape index (κ1) is 16.1. The van der Waals surface area contributed by atoms with E-state index in [0.29, 0.717) is 19.3 Å². The van der Waals surface area contributed by atoms with Crippen molar-refractivity contribution in [2.75, 3.05) is 6.61 Å². The van der Waals surface area contributed by atoms with Crippen molar-refractivity contribution in [2.24, 2.45) is 17.8 Å². The zero-order chi connectivity index (χ0) is 15.8. The van der Waals surface area contributed by atoms with Crippen LogP contribution in [0.3, 0.4) is 0 Å². The highest BCUT2D eigenvalue weighted by atomic mass is 32.2. The minimum Gasteiger partial charge on any atom is -0.465 e. The quantitative estimate of drug-likeness (QED) is 0.440. The molecule has 21 heavy (non-hydrogen) atoms. The zero-order valence-corrected chi connectivity index (χ0v) is 12.0. The fourth-order valence-corrected chi connectivity index (χ4v) is 3.30. The minimum absolute atomic E-state index is 0.228. The van der Waals surface area contributed by atoms with Crippen molar-refractivity contribution in [2.45, 2.75) is 31.7 Å². The molecule has 9 heteroatoms.